The zero-order valence-electron chi connectivity index (χ0n) is 19.4. The summed E-state index contributed by atoms with van der Waals surface area (Å²) < 4.78 is 1.45. The molecule has 1 unspecified atom stereocenters. The molecule has 1 aromatic heterocycles. The Labute approximate surface area is 206 Å². The van der Waals surface area contributed by atoms with Crippen LogP contribution in [0.5, 0.6) is 0 Å². The first-order chi connectivity index (χ1) is 17.5. The molecule has 6 rings (SSSR count). The van der Waals surface area contributed by atoms with Crippen LogP contribution >= 0.6 is 0 Å². The Bertz CT molecular complexity index is 1410. The molecule has 3 heterocycles. The van der Waals surface area contributed by atoms with E-state index >= 15 is 0 Å². The second kappa shape index (κ2) is 8.71. The van der Waals surface area contributed by atoms with Gasteiger partial charge in [-0.3, -0.25) is 24.5 Å². The standard InChI is InChI=1S/C26H24N6O4/c33-23-10-9-22(25(35)28-23)31-13-17-7-8-18(11-20(17)26(31)36)32-14-21(29-30-32)24(34)27-12-16-3-1-2-4-19(16)15-5-6-15/h1-4,7-8,11,14-15,22H,5-6,9-10,12-13H2,(H,27,34)(H,28,33,35). The van der Waals surface area contributed by atoms with Crippen molar-refractivity contribution >= 4 is 23.6 Å². The van der Waals surface area contributed by atoms with Gasteiger partial charge in [-0.25, -0.2) is 4.68 Å². The Hall–Kier alpha value is -4.34. The lowest BCUT2D eigenvalue weighted by atomic mass is 10.0. The predicted octanol–water partition coefficient (Wildman–Crippen LogP) is 1.84. The summed E-state index contributed by atoms with van der Waals surface area (Å²) in [6.07, 6.45) is 4.42. The molecule has 10 heteroatoms. The van der Waals surface area contributed by atoms with Crippen LogP contribution in [0.1, 0.15) is 69.1 Å². The first-order valence-corrected chi connectivity index (χ1v) is 12.0. The van der Waals surface area contributed by atoms with Gasteiger partial charge < -0.3 is 10.2 Å². The van der Waals surface area contributed by atoms with Crippen LogP contribution in [0.2, 0.25) is 0 Å². The lowest BCUT2D eigenvalue weighted by Crippen LogP contribution is -2.52. The summed E-state index contributed by atoms with van der Waals surface area (Å²) in [5.41, 5.74) is 4.42. The molecule has 1 saturated carbocycles. The molecule has 1 saturated heterocycles. The zero-order valence-corrected chi connectivity index (χ0v) is 19.4. The number of imide groups is 1. The number of amides is 4. The van der Waals surface area contributed by atoms with Gasteiger partial charge in [0.1, 0.15) is 6.04 Å². The van der Waals surface area contributed by atoms with Crippen LogP contribution in [0.3, 0.4) is 0 Å². The highest BCUT2D eigenvalue weighted by molar-refractivity contribution is 6.05. The van der Waals surface area contributed by atoms with Crippen LogP contribution in [0.15, 0.2) is 48.7 Å². The topological polar surface area (TPSA) is 126 Å². The highest BCUT2D eigenvalue weighted by Gasteiger charge is 2.39. The van der Waals surface area contributed by atoms with Crippen LogP contribution in [0, 0.1) is 0 Å². The number of fused-ring (bicyclic) bond motifs is 1. The molecular weight excluding hydrogens is 460 g/mol. The van der Waals surface area contributed by atoms with Crippen molar-refractivity contribution in [2.75, 3.05) is 0 Å². The maximum absolute atomic E-state index is 13.1. The SMILES string of the molecule is O=C1CCC(N2Cc3ccc(-n4cc(C(=O)NCc5ccccc5C5CC5)nn4)cc3C2=O)C(=O)N1. The molecule has 2 aliphatic heterocycles. The number of hydrogen-bond acceptors (Lipinski definition) is 6. The second-order valence-corrected chi connectivity index (χ2v) is 9.45. The first-order valence-electron chi connectivity index (χ1n) is 12.0. The summed E-state index contributed by atoms with van der Waals surface area (Å²) in [5, 5.41) is 13.3. The van der Waals surface area contributed by atoms with Crippen molar-refractivity contribution in [1.29, 1.82) is 0 Å². The van der Waals surface area contributed by atoms with Crippen molar-refractivity contribution in [1.82, 2.24) is 30.5 Å². The van der Waals surface area contributed by atoms with E-state index in [4.69, 9.17) is 0 Å². The van der Waals surface area contributed by atoms with E-state index in [1.807, 2.05) is 24.3 Å². The fourth-order valence-corrected chi connectivity index (χ4v) is 4.93. The Kier molecular flexibility index (Phi) is 5.36. The van der Waals surface area contributed by atoms with E-state index in [9.17, 15) is 19.2 Å². The molecule has 0 radical (unpaired) electrons. The normalized spacial score (nSPS) is 19.3. The smallest absolute Gasteiger partial charge is 0.273 e. The van der Waals surface area contributed by atoms with Gasteiger partial charge in [0, 0.05) is 25.1 Å². The summed E-state index contributed by atoms with van der Waals surface area (Å²) >= 11 is 0. The highest BCUT2D eigenvalue weighted by Crippen LogP contribution is 2.41. The van der Waals surface area contributed by atoms with Crippen molar-refractivity contribution in [3.05, 3.63) is 76.6 Å². The van der Waals surface area contributed by atoms with Gasteiger partial charge in [-0.2, -0.15) is 0 Å². The van der Waals surface area contributed by atoms with Crippen molar-refractivity contribution in [3.8, 4) is 5.69 Å². The maximum Gasteiger partial charge on any atom is 0.273 e. The maximum atomic E-state index is 13.1. The van der Waals surface area contributed by atoms with Crippen LogP contribution in [-0.4, -0.2) is 49.6 Å². The van der Waals surface area contributed by atoms with Gasteiger partial charge in [-0.05, 0) is 54.0 Å². The Morgan fingerprint density at radius 2 is 1.92 bits per heavy atom. The number of carbonyl (C=O) groups excluding carboxylic acids is 4. The predicted molar refractivity (Wildman–Crippen MR) is 127 cm³/mol. The third-order valence-corrected chi connectivity index (χ3v) is 7.01. The Balaban J connectivity index is 1.15. The van der Waals surface area contributed by atoms with Gasteiger partial charge in [-0.15, -0.1) is 5.10 Å². The van der Waals surface area contributed by atoms with Crippen molar-refractivity contribution in [3.63, 3.8) is 0 Å². The van der Waals surface area contributed by atoms with Crippen LogP contribution in [0.25, 0.3) is 5.69 Å². The molecular formula is C26H24N6O4. The first kappa shape index (κ1) is 22.1. The number of rotatable bonds is 6. The molecule has 1 aliphatic carbocycles. The van der Waals surface area contributed by atoms with Gasteiger partial charge >= 0.3 is 0 Å². The van der Waals surface area contributed by atoms with E-state index in [2.05, 4.69) is 27.0 Å². The molecule has 182 valence electrons. The molecule has 4 amide bonds. The number of benzene rings is 2. The van der Waals surface area contributed by atoms with E-state index in [0.29, 0.717) is 36.7 Å². The fourth-order valence-electron chi connectivity index (χ4n) is 4.93. The average Bonchev–Trinajstić information content (AvgIpc) is 3.52. The molecule has 3 aromatic rings. The third-order valence-electron chi connectivity index (χ3n) is 7.01. The molecule has 1 atom stereocenters. The quantitative estimate of drug-likeness (QED) is 0.514. The van der Waals surface area contributed by atoms with Gasteiger partial charge in [0.25, 0.3) is 11.8 Å². The zero-order chi connectivity index (χ0) is 24.8. The van der Waals surface area contributed by atoms with Crippen molar-refractivity contribution in [2.24, 2.45) is 0 Å². The average molecular weight is 485 g/mol. The van der Waals surface area contributed by atoms with Crippen molar-refractivity contribution in [2.45, 2.75) is 50.7 Å². The summed E-state index contributed by atoms with van der Waals surface area (Å²) in [6.45, 7) is 0.718. The number of carbonyl (C=O) groups is 4. The Morgan fingerprint density at radius 3 is 2.72 bits per heavy atom. The number of hydrogen-bond donors (Lipinski definition) is 2. The monoisotopic (exact) mass is 484 g/mol. The molecule has 36 heavy (non-hydrogen) atoms. The molecule has 10 nitrogen and oxygen atoms in total. The third kappa shape index (κ3) is 4.04. The van der Waals surface area contributed by atoms with Crippen molar-refractivity contribution < 1.29 is 19.2 Å². The van der Waals surface area contributed by atoms with E-state index in [1.54, 1.807) is 12.1 Å². The summed E-state index contributed by atoms with van der Waals surface area (Å²) in [6, 6.07) is 12.8. The number of piperidine rings is 1. The fraction of sp³-hybridized carbons (Fsp3) is 0.308. The molecule has 2 N–H and O–H groups in total. The van der Waals surface area contributed by atoms with Crippen LogP contribution in [-0.2, 0) is 22.7 Å². The summed E-state index contributed by atoms with van der Waals surface area (Å²) in [4.78, 5) is 51.0. The van der Waals surface area contributed by atoms with Crippen LogP contribution < -0.4 is 10.6 Å². The van der Waals surface area contributed by atoms with Gasteiger partial charge in [0.15, 0.2) is 5.69 Å². The minimum absolute atomic E-state index is 0.177. The van der Waals surface area contributed by atoms with Crippen LogP contribution in [0.4, 0.5) is 0 Å². The highest BCUT2D eigenvalue weighted by atomic mass is 16.2. The van der Waals surface area contributed by atoms with Gasteiger partial charge in [0.05, 0.1) is 11.9 Å². The number of nitrogens with zero attached hydrogens (tertiary/aromatic N) is 4. The van der Waals surface area contributed by atoms with E-state index < -0.39 is 11.9 Å². The van der Waals surface area contributed by atoms with E-state index in [-0.39, 0.29) is 29.8 Å². The van der Waals surface area contributed by atoms with Gasteiger partial charge in [0.2, 0.25) is 11.8 Å². The molecule has 0 spiro atoms. The summed E-state index contributed by atoms with van der Waals surface area (Å²) in [5.74, 6) is -0.769. The summed E-state index contributed by atoms with van der Waals surface area (Å²) in [7, 11) is 0. The van der Waals surface area contributed by atoms with E-state index in [0.717, 1.165) is 11.1 Å². The number of aromatic nitrogens is 3. The lowest BCUT2D eigenvalue weighted by molar-refractivity contribution is -0.136. The minimum atomic E-state index is -0.669. The van der Waals surface area contributed by atoms with Gasteiger partial charge in [-0.1, -0.05) is 35.5 Å². The lowest BCUT2D eigenvalue weighted by Gasteiger charge is -2.29. The molecule has 3 aliphatic rings. The second-order valence-electron chi connectivity index (χ2n) is 9.45. The minimum Gasteiger partial charge on any atom is -0.347 e. The largest absolute Gasteiger partial charge is 0.347 e. The molecule has 2 fully saturated rings. The molecule has 0 bridgehead atoms. The Morgan fingerprint density at radius 1 is 1.08 bits per heavy atom. The number of nitrogens with one attached hydrogen (secondary N) is 2. The molecule has 2 aromatic carbocycles. The van der Waals surface area contributed by atoms with E-state index in [1.165, 1.54) is 34.2 Å².